The lowest BCUT2D eigenvalue weighted by Crippen LogP contribution is -2.29. The van der Waals surface area contributed by atoms with Crippen molar-refractivity contribution in [2.45, 2.75) is 24.3 Å². The molecule has 1 atom stereocenters. The summed E-state index contributed by atoms with van der Waals surface area (Å²) in [5, 5.41) is 2.74. The van der Waals surface area contributed by atoms with Gasteiger partial charge in [-0.1, -0.05) is 0 Å². The number of hydrogen-bond acceptors (Lipinski definition) is 4. The molecule has 8 heteroatoms. The molecule has 1 unspecified atom stereocenters. The zero-order valence-electron chi connectivity index (χ0n) is 12.3. The second kappa shape index (κ2) is 7.35. The number of halogens is 1. The minimum atomic E-state index is -3.54. The van der Waals surface area contributed by atoms with E-state index < -0.39 is 10.0 Å². The molecule has 0 bridgehead atoms. The average Bonchev–Trinajstić information content (AvgIpc) is 2.37. The largest absolute Gasteiger partial charge is 0.352 e. The van der Waals surface area contributed by atoms with E-state index in [-0.39, 0.29) is 16.8 Å². The fourth-order valence-electron chi connectivity index (χ4n) is 1.56. The third-order valence-electron chi connectivity index (χ3n) is 2.84. The maximum atomic E-state index is 12.1. The topological polar surface area (TPSA) is 92.5 Å². The summed E-state index contributed by atoms with van der Waals surface area (Å²) >= 11 is 3.21. The normalized spacial score (nSPS) is 13.2. The minimum absolute atomic E-state index is 0.0182. The molecule has 0 aromatic heterocycles. The number of carbonyl (C=O) groups excluding carboxylic acids is 1. The molecule has 1 aromatic carbocycles. The summed E-state index contributed by atoms with van der Waals surface area (Å²) in [5.41, 5.74) is 6.00. The number of sulfonamides is 1. The molecule has 0 saturated carbocycles. The molecule has 118 valence electrons. The molecule has 1 rings (SSSR count). The summed E-state index contributed by atoms with van der Waals surface area (Å²) < 4.78 is 25.6. The van der Waals surface area contributed by atoms with Gasteiger partial charge in [0.1, 0.15) is 0 Å². The maximum absolute atomic E-state index is 12.1. The summed E-state index contributed by atoms with van der Waals surface area (Å²) in [6.45, 7) is 2.34. The van der Waals surface area contributed by atoms with Crippen LogP contribution < -0.4 is 11.1 Å². The highest BCUT2D eigenvalue weighted by Crippen LogP contribution is 2.25. The quantitative estimate of drug-likeness (QED) is 0.777. The number of amides is 1. The smallest absolute Gasteiger partial charge is 0.251 e. The monoisotopic (exact) mass is 377 g/mol. The van der Waals surface area contributed by atoms with Crippen molar-refractivity contribution in [1.29, 1.82) is 0 Å². The van der Waals surface area contributed by atoms with Gasteiger partial charge < -0.3 is 11.1 Å². The van der Waals surface area contributed by atoms with Gasteiger partial charge in [0.15, 0.2) is 0 Å². The Bertz CT molecular complexity index is 615. The first-order valence-electron chi connectivity index (χ1n) is 6.42. The van der Waals surface area contributed by atoms with Gasteiger partial charge in [-0.15, -0.1) is 0 Å². The van der Waals surface area contributed by atoms with Crippen molar-refractivity contribution >= 4 is 31.9 Å². The first kappa shape index (κ1) is 18.1. The van der Waals surface area contributed by atoms with Gasteiger partial charge in [-0.2, -0.15) is 0 Å². The zero-order valence-corrected chi connectivity index (χ0v) is 14.7. The molecule has 0 heterocycles. The lowest BCUT2D eigenvalue weighted by atomic mass is 10.2. The second-order valence-corrected chi connectivity index (χ2v) is 7.93. The highest BCUT2D eigenvalue weighted by molar-refractivity contribution is 9.10. The van der Waals surface area contributed by atoms with E-state index in [2.05, 4.69) is 21.2 Å². The number of nitrogens with two attached hydrogens (primary N) is 1. The highest BCUT2D eigenvalue weighted by Gasteiger charge is 2.21. The van der Waals surface area contributed by atoms with Gasteiger partial charge >= 0.3 is 0 Å². The first-order valence-corrected chi connectivity index (χ1v) is 8.65. The van der Waals surface area contributed by atoms with Crippen LogP contribution in [-0.2, 0) is 10.0 Å². The number of rotatable bonds is 6. The fourth-order valence-corrected chi connectivity index (χ4v) is 3.49. The van der Waals surface area contributed by atoms with E-state index in [1.54, 1.807) is 0 Å². The molecule has 21 heavy (non-hydrogen) atoms. The van der Waals surface area contributed by atoms with Crippen LogP contribution in [0.1, 0.15) is 23.7 Å². The summed E-state index contributed by atoms with van der Waals surface area (Å²) in [6, 6.07) is 4.42. The maximum Gasteiger partial charge on any atom is 0.251 e. The molecule has 0 aliphatic heterocycles. The van der Waals surface area contributed by atoms with Gasteiger partial charge in [-0.3, -0.25) is 4.79 Å². The molecule has 3 N–H and O–H groups in total. The van der Waals surface area contributed by atoms with Crippen molar-refractivity contribution in [3.05, 3.63) is 28.2 Å². The van der Waals surface area contributed by atoms with E-state index in [0.29, 0.717) is 23.0 Å². The Balaban J connectivity index is 2.91. The Morgan fingerprint density at radius 3 is 2.52 bits per heavy atom. The standard InChI is InChI=1S/C13H20BrN3O3S/c1-9(15)6-7-16-13(18)10-4-5-12(11(14)8-10)21(19,20)17(2)3/h4-5,8-9H,6-7,15H2,1-3H3,(H,16,18). The van der Waals surface area contributed by atoms with Crippen molar-refractivity contribution in [3.63, 3.8) is 0 Å². The zero-order chi connectivity index (χ0) is 16.2. The molecule has 0 spiro atoms. The predicted molar refractivity (Wildman–Crippen MR) is 85.6 cm³/mol. The number of benzene rings is 1. The van der Waals surface area contributed by atoms with Crippen LogP contribution in [0.25, 0.3) is 0 Å². The Morgan fingerprint density at radius 1 is 1.43 bits per heavy atom. The number of nitrogens with one attached hydrogen (secondary N) is 1. The molecule has 0 fully saturated rings. The lowest BCUT2D eigenvalue weighted by molar-refractivity contribution is 0.0952. The van der Waals surface area contributed by atoms with Crippen molar-refractivity contribution in [2.24, 2.45) is 5.73 Å². The van der Waals surface area contributed by atoms with Crippen LogP contribution in [0.4, 0.5) is 0 Å². The van der Waals surface area contributed by atoms with Crippen molar-refractivity contribution < 1.29 is 13.2 Å². The molecule has 0 saturated heterocycles. The molecule has 0 aliphatic carbocycles. The van der Waals surface area contributed by atoms with Gasteiger partial charge in [-0.25, -0.2) is 12.7 Å². The number of hydrogen-bond donors (Lipinski definition) is 2. The third-order valence-corrected chi connectivity index (χ3v) is 5.63. The molecular formula is C13H20BrN3O3S. The van der Waals surface area contributed by atoms with Gasteiger partial charge in [0, 0.05) is 36.7 Å². The second-order valence-electron chi connectivity index (χ2n) is 4.95. The minimum Gasteiger partial charge on any atom is -0.352 e. The molecule has 0 aliphatic rings. The number of nitrogens with zero attached hydrogens (tertiary/aromatic N) is 1. The van der Waals surface area contributed by atoms with Gasteiger partial charge in [0.25, 0.3) is 5.91 Å². The Morgan fingerprint density at radius 2 is 2.05 bits per heavy atom. The summed E-state index contributed by atoms with van der Waals surface area (Å²) in [4.78, 5) is 12.1. The fraction of sp³-hybridized carbons (Fsp3) is 0.462. The third kappa shape index (κ3) is 4.77. The van der Waals surface area contributed by atoms with E-state index >= 15 is 0 Å². The van der Waals surface area contributed by atoms with E-state index in [1.807, 2.05) is 6.92 Å². The van der Waals surface area contributed by atoms with Crippen LogP contribution in [0.2, 0.25) is 0 Å². The SMILES string of the molecule is CC(N)CCNC(=O)c1ccc(S(=O)(=O)N(C)C)c(Br)c1. The number of carbonyl (C=O) groups is 1. The average molecular weight is 378 g/mol. The van der Waals surface area contributed by atoms with Crippen LogP contribution >= 0.6 is 15.9 Å². The molecule has 1 amide bonds. The Hall–Kier alpha value is -0.960. The van der Waals surface area contributed by atoms with E-state index in [9.17, 15) is 13.2 Å². The molecule has 6 nitrogen and oxygen atoms in total. The first-order chi connectivity index (χ1) is 9.66. The van der Waals surface area contributed by atoms with Crippen LogP contribution in [-0.4, -0.2) is 45.3 Å². The van der Waals surface area contributed by atoms with E-state index in [0.717, 1.165) is 4.31 Å². The Kier molecular flexibility index (Phi) is 6.33. The van der Waals surface area contributed by atoms with E-state index in [4.69, 9.17) is 5.73 Å². The van der Waals surface area contributed by atoms with Gasteiger partial charge in [0.2, 0.25) is 10.0 Å². The van der Waals surface area contributed by atoms with Crippen molar-refractivity contribution in [2.75, 3.05) is 20.6 Å². The van der Waals surface area contributed by atoms with E-state index in [1.165, 1.54) is 32.3 Å². The predicted octanol–water partition coefficient (Wildman–Crippen LogP) is 1.17. The highest BCUT2D eigenvalue weighted by atomic mass is 79.9. The van der Waals surface area contributed by atoms with Gasteiger partial charge in [0.05, 0.1) is 4.90 Å². The van der Waals surface area contributed by atoms with Crippen LogP contribution in [0.5, 0.6) is 0 Å². The molecule has 0 radical (unpaired) electrons. The molecule has 1 aromatic rings. The summed E-state index contributed by atoms with van der Waals surface area (Å²) in [7, 11) is -0.631. The van der Waals surface area contributed by atoms with Crippen molar-refractivity contribution in [3.8, 4) is 0 Å². The molecular weight excluding hydrogens is 358 g/mol. The van der Waals surface area contributed by atoms with Crippen molar-refractivity contribution in [1.82, 2.24) is 9.62 Å². The van der Waals surface area contributed by atoms with Crippen LogP contribution in [0.15, 0.2) is 27.6 Å². The van der Waals surface area contributed by atoms with Crippen LogP contribution in [0.3, 0.4) is 0 Å². The van der Waals surface area contributed by atoms with Crippen LogP contribution in [0, 0.1) is 0 Å². The summed E-state index contributed by atoms with van der Waals surface area (Å²) in [6.07, 6.45) is 0.681. The summed E-state index contributed by atoms with van der Waals surface area (Å²) in [5.74, 6) is -0.259. The lowest BCUT2D eigenvalue weighted by Gasteiger charge is -2.13. The Labute approximate surface area is 133 Å². The van der Waals surface area contributed by atoms with Gasteiger partial charge in [-0.05, 0) is 47.5 Å².